The Bertz CT molecular complexity index is 634. The van der Waals surface area contributed by atoms with E-state index in [1.54, 1.807) is 13.8 Å². The zero-order valence-electron chi connectivity index (χ0n) is 11.9. The minimum absolute atomic E-state index is 0.0819. The summed E-state index contributed by atoms with van der Waals surface area (Å²) in [6.45, 7) is 3.78. The Morgan fingerprint density at radius 3 is 2.38 bits per heavy atom. The second-order valence-electron chi connectivity index (χ2n) is 4.66. The number of non-ortho nitro benzene ring substituents is 1. The van der Waals surface area contributed by atoms with E-state index in [1.807, 2.05) is 6.07 Å². The lowest BCUT2D eigenvalue weighted by atomic mass is 10.2. The van der Waals surface area contributed by atoms with Crippen molar-refractivity contribution in [3.05, 3.63) is 39.9 Å². The summed E-state index contributed by atoms with van der Waals surface area (Å²) in [6.07, 6.45) is 0. The smallest absolute Gasteiger partial charge is 0.258 e. The Kier molecular flexibility index (Phi) is 5.81. The molecule has 0 aliphatic heterocycles. The first-order valence-corrected chi connectivity index (χ1v) is 8.01. The maximum atomic E-state index is 12.3. The van der Waals surface area contributed by atoms with Gasteiger partial charge in [-0.15, -0.1) is 0 Å². The first kappa shape index (κ1) is 17.1. The number of sulfonamides is 1. The average molecular weight is 311 g/mol. The molecule has 0 amide bonds. The molecular weight excluding hydrogens is 294 g/mol. The molecular formula is C13H17N3O4S. The van der Waals surface area contributed by atoms with Crippen LogP contribution in [-0.4, -0.2) is 30.7 Å². The number of hydrogen-bond acceptors (Lipinski definition) is 5. The SMILES string of the molecule is CCN(CC(C)C#N)S(=O)(=O)Cc1ccc([N+](=O)[O-])cc1. The van der Waals surface area contributed by atoms with Gasteiger partial charge in [-0.25, -0.2) is 12.7 Å². The number of benzene rings is 1. The predicted octanol–water partition coefficient (Wildman–Crippen LogP) is 1.91. The third kappa shape index (κ3) is 4.81. The lowest BCUT2D eigenvalue weighted by Gasteiger charge is -2.21. The molecule has 0 saturated carbocycles. The Morgan fingerprint density at radius 1 is 1.38 bits per heavy atom. The first-order valence-electron chi connectivity index (χ1n) is 6.41. The standard InChI is InChI=1S/C13H17N3O4S/c1-3-15(9-11(2)8-14)21(19,20)10-12-4-6-13(7-5-12)16(17)18/h4-7,11H,3,9-10H2,1-2H3. The number of nitro groups is 1. The maximum absolute atomic E-state index is 12.3. The summed E-state index contributed by atoms with van der Waals surface area (Å²) in [7, 11) is -3.55. The third-order valence-corrected chi connectivity index (χ3v) is 4.83. The van der Waals surface area contributed by atoms with Gasteiger partial charge in [0.2, 0.25) is 10.0 Å². The van der Waals surface area contributed by atoms with Crippen molar-refractivity contribution in [1.82, 2.24) is 4.31 Å². The van der Waals surface area contributed by atoms with Crippen LogP contribution in [0, 0.1) is 27.4 Å². The molecule has 0 fully saturated rings. The van der Waals surface area contributed by atoms with Crippen molar-refractivity contribution in [2.45, 2.75) is 19.6 Å². The van der Waals surface area contributed by atoms with Gasteiger partial charge in [-0.05, 0) is 12.5 Å². The summed E-state index contributed by atoms with van der Waals surface area (Å²) in [6, 6.07) is 7.41. The second-order valence-corrected chi connectivity index (χ2v) is 6.63. The van der Waals surface area contributed by atoms with Crippen LogP contribution in [0.1, 0.15) is 19.4 Å². The molecule has 1 aromatic rings. The molecule has 21 heavy (non-hydrogen) atoms. The average Bonchev–Trinajstić information content (AvgIpc) is 2.44. The lowest BCUT2D eigenvalue weighted by molar-refractivity contribution is -0.384. The fourth-order valence-corrected chi connectivity index (χ4v) is 3.44. The molecule has 0 aromatic heterocycles. The van der Waals surface area contributed by atoms with E-state index in [2.05, 4.69) is 0 Å². The largest absolute Gasteiger partial charge is 0.269 e. The highest BCUT2D eigenvalue weighted by Crippen LogP contribution is 2.16. The molecule has 1 atom stereocenters. The highest BCUT2D eigenvalue weighted by Gasteiger charge is 2.23. The van der Waals surface area contributed by atoms with Gasteiger partial charge in [0.05, 0.1) is 22.7 Å². The quantitative estimate of drug-likeness (QED) is 0.565. The fourth-order valence-electron chi connectivity index (χ4n) is 1.80. The maximum Gasteiger partial charge on any atom is 0.269 e. The highest BCUT2D eigenvalue weighted by atomic mass is 32.2. The molecule has 1 unspecified atom stereocenters. The zero-order valence-corrected chi connectivity index (χ0v) is 12.7. The normalized spacial score (nSPS) is 12.9. The van der Waals surface area contributed by atoms with Crippen LogP contribution in [0.15, 0.2) is 24.3 Å². The van der Waals surface area contributed by atoms with Gasteiger partial charge in [0.1, 0.15) is 0 Å². The van der Waals surface area contributed by atoms with Gasteiger partial charge >= 0.3 is 0 Å². The van der Waals surface area contributed by atoms with Crippen LogP contribution in [0.25, 0.3) is 0 Å². The van der Waals surface area contributed by atoms with Gasteiger partial charge < -0.3 is 0 Å². The molecule has 7 nitrogen and oxygen atoms in total. The lowest BCUT2D eigenvalue weighted by Crippen LogP contribution is -2.35. The Morgan fingerprint density at radius 2 is 1.95 bits per heavy atom. The van der Waals surface area contributed by atoms with Crippen molar-refractivity contribution in [2.75, 3.05) is 13.1 Å². The Labute approximate surface area is 124 Å². The van der Waals surface area contributed by atoms with Gasteiger partial charge in [-0.2, -0.15) is 5.26 Å². The summed E-state index contributed by atoms with van der Waals surface area (Å²) in [5.41, 5.74) is 0.394. The number of hydrogen-bond donors (Lipinski definition) is 0. The van der Waals surface area contributed by atoms with E-state index in [1.165, 1.54) is 28.6 Å². The molecule has 0 aliphatic carbocycles. The van der Waals surface area contributed by atoms with Crippen LogP contribution in [0.2, 0.25) is 0 Å². The van der Waals surface area contributed by atoms with E-state index in [0.29, 0.717) is 5.56 Å². The van der Waals surface area contributed by atoms with Crippen LogP contribution in [-0.2, 0) is 15.8 Å². The van der Waals surface area contributed by atoms with Gasteiger partial charge in [-0.1, -0.05) is 19.1 Å². The van der Waals surface area contributed by atoms with Crippen LogP contribution >= 0.6 is 0 Å². The Hall–Kier alpha value is -1.98. The van der Waals surface area contributed by atoms with Crippen LogP contribution in [0.5, 0.6) is 0 Å². The summed E-state index contributed by atoms with van der Waals surface area (Å²) >= 11 is 0. The number of nitriles is 1. The zero-order chi connectivity index (χ0) is 16.0. The Balaban J connectivity index is 2.88. The van der Waals surface area contributed by atoms with Gasteiger partial charge in [-0.3, -0.25) is 10.1 Å². The molecule has 114 valence electrons. The van der Waals surface area contributed by atoms with E-state index in [0.717, 1.165) is 0 Å². The fraction of sp³-hybridized carbons (Fsp3) is 0.462. The summed E-state index contributed by atoms with van der Waals surface area (Å²) in [4.78, 5) is 10.0. The predicted molar refractivity (Wildman–Crippen MR) is 77.7 cm³/mol. The number of nitro benzene ring substituents is 1. The molecule has 0 aliphatic rings. The molecule has 8 heteroatoms. The van der Waals surface area contributed by atoms with Crippen molar-refractivity contribution in [3.63, 3.8) is 0 Å². The minimum Gasteiger partial charge on any atom is -0.258 e. The molecule has 1 aromatic carbocycles. The van der Waals surface area contributed by atoms with E-state index < -0.39 is 20.9 Å². The van der Waals surface area contributed by atoms with Crippen molar-refractivity contribution in [1.29, 1.82) is 5.26 Å². The van der Waals surface area contributed by atoms with E-state index in [4.69, 9.17) is 5.26 Å². The highest BCUT2D eigenvalue weighted by molar-refractivity contribution is 7.88. The van der Waals surface area contributed by atoms with Crippen molar-refractivity contribution >= 4 is 15.7 Å². The van der Waals surface area contributed by atoms with Crippen LogP contribution < -0.4 is 0 Å². The third-order valence-electron chi connectivity index (χ3n) is 2.94. The van der Waals surface area contributed by atoms with Gasteiger partial charge in [0.25, 0.3) is 5.69 Å². The molecule has 0 heterocycles. The molecule has 0 spiro atoms. The van der Waals surface area contributed by atoms with Crippen LogP contribution in [0.3, 0.4) is 0 Å². The second kappa shape index (κ2) is 7.15. The summed E-state index contributed by atoms with van der Waals surface area (Å²) < 4.78 is 25.8. The van der Waals surface area contributed by atoms with Crippen molar-refractivity contribution < 1.29 is 13.3 Å². The van der Waals surface area contributed by atoms with Crippen LogP contribution in [0.4, 0.5) is 5.69 Å². The van der Waals surface area contributed by atoms with Crippen molar-refractivity contribution in [2.24, 2.45) is 5.92 Å². The number of rotatable bonds is 7. The molecule has 0 radical (unpaired) electrons. The van der Waals surface area contributed by atoms with Gasteiger partial charge in [0.15, 0.2) is 0 Å². The number of nitrogens with zero attached hydrogens (tertiary/aromatic N) is 3. The monoisotopic (exact) mass is 311 g/mol. The first-order chi connectivity index (χ1) is 9.80. The molecule has 0 bridgehead atoms. The van der Waals surface area contributed by atoms with E-state index in [-0.39, 0.29) is 24.5 Å². The molecule has 0 saturated heterocycles. The topological polar surface area (TPSA) is 104 Å². The van der Waals surface area contributed by atoms with E-state index in [9.17, 15) is 18.5 Å². The van der Waals surface area contributed by atoms with Gasteiger partial charge in [0, 0.05) is 25.2 Å². The summed E-state index contributed by atoms with van der Waals surface area (Å²) in [5.74, 6) is -0.631. The van der Waals surface area contributed by atoms with Crippen molar-refractivity contribution in [3.8, 4) is 6.07 Å². The minimum atomic E-state index is -3.55. The molecule has 0 N–H and O–H groups in total. The summed E-state index contributed by atoms with van der Waals surface area (Å²) in [5, 5.41) is 19.3. The molecule has 1 rings (SSSR count). The van der Waals surface area contributed by atoms with E-state index >= 15 is 0 Å².